The maximum atomic E-state index is 12.5. The summed E-state index contributed by atoms with van der Waals surface area (Å²) in [7, 11) is 0. The minimum absolute atomic E-state index is 0.0656. The van der Waals surface area contributed by atoms with Gasteiger partial charge in [0.15, 0.2) is 0 Å². The van der Waals surface area contributed by atoms with E-state index in [2.05, 4.69) is 30.3 Å². The first kappa shape index (κ1) is 17.5. The van der Waals surface area contributed by atoms with Crippen LogP contribution in [-0.2, 0) is 11.2 Å². The van der Waals surface area contributed by atoms with E-state index < -0.39 is 0 Å². The third kappa shape index (κ3) is 3.90. The molecule has 0 saturated carbocycles. The molecule has 0 N–H and O–H groups in total. The van der Waals surface area contributed by atoms with Gasteiger partial charge in [-0.05, 0) is 36.6 Å². The number of rotatable bonds is 4. The fourth-order valence-corrected chi connectivity index (χ4v) is 4.77. The van der Waals surface area contributed by atoms with E-state index >= 15 is 0 Å². The van der Waals surface area contributed by atoms with Gasteiger partial charge in [0.05, 0.1) is 0 Å². The summed E-state index contributed by atoms with van der Waals surface area (Å²) < 4.78 is 6.39. The van der Waals surface area contributed by atoms with E-state index in [1.54, 1.807) is 11.8 Å². The second-order valence-electron chi connectivity index (χ2n) is 7.19. The van der Waals surface area contributed by atoms with Gasteiger partial charge in [-0.25, -0.2) is 0 Å². The number of para-hydroxylation sites is 1. The lowest BCUT2D eigenvalue weighted by Crippen LogP contribution is -2.51. The first-order valence-electron chi connectivity index (χ1n) is 9.47. The number of fused-ring (bicyclic) bond motifs is 1. The summed E-state index contributed by atoms with van der Waals surface area (Å²) in [5.41, 5.74) is 1.25. The number of piperidine rings is 1. The van der Waals surface area contributed by atoms with Crippen LogP contribution in [-0.4, -0.2) is 35.3 Å². The van der Waals surface area contributed by atoms with Gasteiger partial charge in [-0.15, -0.1) is 11.8 Å². The van der Waals surface area contributed by atoms with E-state index in [9.17, 15) is 4.79 Å². The van der Waals surface area contributed by atoms with E-state index in [0.29, 0.717) is 6.42 Å². The van der Waals surface area contributed by atoms with Crippen LogP contribution < -0.4 is 4.74 Å². The third-order valence-corrected chi connectivity index (χ3v) is 6.52. The Morgan fingerprint density at radius 1 is 1.00 bits per heavy atom. The molecule has 136 valence electrons. The van der Waals surface area contributed by atoms with Crippen molar-refractivity contribution in [2.45, 2.75) is 42.6 Å². The molecule has 0 aromatic heterocycles. The first-order valence-corrected chi connectivity index (χ1v) is 10.5. The third-order valence-electron chi connectivity index (χ3n) is 5.50. The standard InChI is InChI=1S/C22H25NO2S/c24-21(11-17-26-19-7-2-1-3-8-19)23-15-13-22(14-16-23)12-10-18-6-4-5-9-20(18)25-22/h1-9H,10-17H2. The molecule has 0 radical (unpaired) electrons. The summed E-state index contributed by atoms with van der Waals surface area (Å²) in [4.78, 5) is 15.8. The van der Waals surface area contributed by atoms with Crippen LogP contribution in [0.4, 0.5) is 0 Å². The fraction of sp³-hybridized carbons (Fsp3) is 0.409. The van der Waals surface area contributed by atoms with Crippen LogP contribution in [0.1, 0.15) is 31.2 Å². The number of amides is 1. The van der Waals surface area contributed by atoms with Crippen LogP contribution in [0.5, 0.6) is 5.75 Å². The molecule has 0 unspecified atom stereocenters. The number of benzene rings is 2. The molecule has 26 heavy (non-hydrogen) atoms. The van der Waals surface area contributed by atoms with Crippen molar-refractivity contribution in [2.24, 2.45) is 0 Å². The fourth-order valence-electron chi connectivity index (χ4n) is 3.90. The number of carbonyl (C=O) groups excluding carboxylic acids is 1. The van der Waals surface area contributed by atoms with E-state index in [1.807, 2.05) is 29.2 Å². The van der Waals surface area contributed by atoms with Gasteiger partial charge in [-0.1, -0.05) is 36.4 Å². The Labute approximate surface area is 159 Å². The molecule has 3 nitrogen and oxygen atoms in total. The molecule has 4 rings (SSSR count). The van der Waals surface area contributed by atoms with Gasteiger partial charge in [0.1, 0.15) is 11.4 Å². The zero-order chi connectivity index (χ0) is 17.8. The molecule has 1 spiro atoms. The lowest BCUT2D eigenvalue weighted by Gasteiger charge is -2.44. The van der Waals surface area contributed by atoms with Gasteiger partial charge in [0, 0.05) is 43.0 Å². The zero-order valence-electron chi connectivity index (χ0n) is 15.0. The average molecular weight is 368 g/mol. The maximum Gasteiger partial charge on any atom is 0.223 e. The van der Waals surface area contributed by atoms with Crippen LogP contribution in [0.2, 0.25) is 0 Å². The predicted molar refractivity (Wildman–Crippen MR) is 106 cm³/mol. The van der Waals surface area contributed by atoms with Crippen molar-refractivity contribution >= 4 is 17.7 Å². The average Bonchev–Trinajstić information content (AvgIpc) is 2.69. The van der Waals surface area contributed by atoms with E-state index in [-0.39, 0.29) is 11.5 Å². The number of hydrogen-bond donors (Lipinski definition) is 0. The lowest BCUT2D eigenvalue weighted by atomic mass is 9.83. The predicted octanol–water partition coefficient (Wildman–Crippen LogP) is 4.56. The summed E-state index contributed by atoms with van der Waals surface area (Å²) in [5.74, 6) is 2.16. The molecule has 2 heterocycles. The van der Waals surface area contributed by atoms with Crippen molar-refractivity contribution in [1.82, 2.24) is 4.90 Å². The van der Waals surface area contributed by atoms with Crippen LogP contribution in [0.3, 0.4) is 0 Å². The van der Waals surface area contributed by atoms with Gasteiger partial charge >= 0.3 is 0 Å². The maximum absolute atomic E-state index is 12.5. The smallest absolute Gasteiger partial charge is 0.223 e. The van der Waals surface area contributed by atoms with Gasteiger partial charge in [0.2, 0.25) is 5.91 Å². The number of aryl methyl sites for hydroxylation is 1. The summed E-state index contributed by atoms with van der Waals surface area (Å²) in [5, 5.41) is 0. The molecular formula is C22H25NO2S. The van der Waals surface area contributed by atoms with Gasteiger partial charge in [0.25, 0.3) is 0 Å². The molecule has 2 aliphatic heterocycles. The van der Waals surface area contributed by atoms with Crippen molar-refractivity contribution in [3.63, 3.8) is 0 Å². The number of nitrogens with zero attached hydrogens (tertiary/aromatic N) is 1. The highest BCUT2D eigenvalue weighted by Gasteiger charge is 2.40. The number of hydrogen-bond acceptors (Lipinski definition) is 3. The number of carbonyl (C=O) groups is 1. The molecule has 2 aromatic carbocycles. The molecule has 0 aliphatic carbocycles. The van der Waals surface area contributed by atoms with Crippen LogP contribution in [0, 0.1) is 0 Å². The SMILES string of the molecule is O=C(CCSc1ccccc1)N1CCC2(CCc3ccccc3O2)CC1. The van der Waals surface area contributed by atoms with E-state index in [0.717, 1.165) is 50.3 Å². The monoisotopic (exact) mass is 367 g/mol. The molecule has 0 atom stereocenters. The Hall–Kier alpha value is -1.94. The molecule has 1 amide bonds. The van der Waals surface area contributed by atoms with Gasteiger partial charge < -0.3 is 9.64 Å². The molecule has 2 aromatic rings. The summed E-state index contributed by atoms with van der Waals surface area (Å²) in [6, 6.07) is 18.6. The number of likely N-dealkylation sites (tertiary alicyclic amines) is 1. The van der Waals surface area contributed by atoms with Crippen LogP contribution in [0.25, 0.3) is 0 Å². The molecular weight excluding hydrogens is 342 g/mol. The summed E-state index contributed by atoms with van der Waals surface area (Å²) in [6.45, 7) is 1.63. The van der Waals surface area contributed by atoms with Crippen LogP contribution >= 0.6 is 11.8 Å². The summed E-state index contributed by atoms with van der Waals surface area (Å²) >= 11 is 1.75. The largest absolute Gasteiger partial charge is 0.487 e. The molecule has 1 fully saturated rings. The highest BCUT2D eigenvalue weighted by Crippen LogP contribution is 2.39. The lowest BCUT2D eigenvalue weighted by molar-refractivity contribution is -0.134. The van der Waals surface area contributed by atoms with Crippen molar-refractivity contribution in [1.29, 1.82) is 0 Å². The summed E-state index contributed by atoms with van der Waals surface area (Å²) in [6.07, 6.45) is 4.64. The minimum Gasteiger partial charge on any atom is -0.487 e. The Morgan fingerprint density at radius 2 is 1.73 bits per heavy atom. The Bertz CT molecular complexity index is 754. The van der Waals surface area contributed by atoms with Crippen molar-refractivity contribution in [2.75, 3.05) is 18.8 Å². The highest BCUT2D eigenvalue weighted by atomic mass is 32.2. The van der Waals surface area contributed by atoms with Crippen molar-refractivity contribution in [3.05, 3.63) is 60.2 Å². The van der Waals surface area contributed by atoms with Gasteiger partial charge in [-0.2, -0.15) is 0 Å². The topological polar surface area (TPSA) is 29.5 Å². The second kappa shape index (κ2) is 7.75. The van der Waals surface area contributed by atoms with Crippen molar-refractivity contribution in [3.8, 4) is 5.75 Å². The molecule has 2 aliphatic rings. The highest BCUT2D eigenvalue weighted by molar-refractivity contribution is 7.99. The van der Waals surface area contributed by atoms with Gasteiger partial charge in [-0.3, -0.25) is 4.79 Å². The quantitative estimate of drug-likeness (QED) is 0.742. The zero-order valence-corrected chi connectivity index (χ0v) is 15.8. The first-order chi connectivity index (χ1) is 12.7. The van der Waals surface area contributed by atoms with E-state index in [4.69, 9.17) is 4.74 Å². The van der Waals surface area contributed by atoms with E-state index in [1.165, 1.54) is 10.5 Å². The number of ether oxygens (including phenoxy) is 1. The minimum atomic E-state index is -0.0656. The molecule has 1 saturated heterocycles. The molecule has 0 bridgehead atoms. The Balaban J connectivity index is 1.26. The Kier molecular flexibility index (Phi) is 5.21. The number of thioether (sulfide) groups is 1. The molecule has 4 heteroatoms. The Morgan fingerprint density at radius 3 is 2.54 bits per heavy atom. The van der Waals surface area contributed by atoms with Crippen molar-refractivity contribution < 1.29 is 9.53 Å². The van der Waals surface area contributed by atoms with Crippen LogP contribution in [0.15, 0.2) is 59.5 Å². The normalized spacial score (nSPS) is 18.2. The second-order valence-corrected chi connectivity index (χ2v) is 8.35.